The van der Waals surface area contributed by atoms with Crippen LogP contribution in [0.25, 0.3) is 0 Å². The summed E-state index contributed by atoms with van der Waals surface area (Å²) in [7, 11) is 0. The zero-order chi connectivity index (χ0) is 28.8. The van der Waals surface area contributed by atoms with E-state index in [9.17, 15) is 23.6 Å². The molecule has 1 heterocycles. The lowest BCUT2D eigenvalue weighted by atomic mass is 9.88. The number of rotatable bonds is 9. The molecule has 9 heteroatoms. The molecule has 206 valence electrons. The van der Waals surface area contributed by atoms with Crippen LogP contribution >= 0.6 is 0 Å². The van der Waals surface area contributed by atoms with Crippen LogP contribution in [0.3, 0.4) is 0 Å². The van der Waals surface area contributed by atoms with Gasteiger partial charge in [0, 0.05) is 17.8 Å². The second kappa shape index (κ2) is 12.4. The van der Waals surface area contributed by atoms with Crippen LogP contribution in [0.2, 0.25) is 0 Å². The molecule has 1 aliphatic rings. The summed E-state index contributed by atoms with van der Waals surface area (Å²) in [6.07, 6.45) is 0.130. The highest BCUT2D eigenvalue weighted by Gasteiger charge is 2.44. The molecule has 0 aromatic heterocycles. The van der Waals surface area contributed by atoms with Crippen molar-refractivity contribution in [2.75, 3.05) is 5.32 Å². The topological polar surface area (TPSA) is 105 Å². The number of nitrogens with one attached hydrogen (secondary N) is 2. The van der Waals surface area contributed by atoms with Gasteiger partial charge in [0.25, 0.3) is 11.8 Å². The number of nitrogens with zero attached hydrogens (tertiary/aromatic N) is 1. The van der Waals surface area contributed by atoms with Crippen molar-refractivity contribution in [2.45, 2.75) is 25.5 Å². The van der Waals surface area contributed by atoms with E-state index < -0.39 is 29.5 Å². The van der Waals surface area contributed by atoms with Crippen LogP contribution in [0.1, 0.15) is 38.5 Å². The molecule has 41 heavy (non-hydrogen) atoms. The third-order valence-electron chi connectivity index (χ3n) is 6.56. The summed E-state index contributed by atoms with van der Waals surface area (Å²) >= 11 is 0. The van der Waals surface area contributed by atoms with Gasteiger partial charge in [-0.25, -0.2) is 4.39 Å². The second-order valence-electron chi connectivity index (χ2n) is 9.49. The van der Waals surface area contributed by atoms with Crippen molar-refractivity contribution in [2.24, 2.45) is 0 Å². The Bertz CT molecular complexity index is 1580. The number of amides is 4. The van der Waals surface area contributed by atoms with Crippen LogP contribution in [0.5, 0.6) is 0 Å². The highest BCUT2D eigenvalue weighted by molar-refractivity contribution is 6.18. The first-order chi connectivity index (χ1) is 19.9. The lowest BCUT2D eigenvalue weighted by Crippen LogP contribution is -2.49. The summed E-state index contributed by atoms with van der Waals surface area (Å²) in [5.41, 5.74) is 2.75. The van der Waals surface area contributed by atoms with Gasteiger partial charge in [0.1, 0.15) is 18.3 Å². The summed E-state index contributed by atoms with van der Waals surface area (Å²) in [5, 5.41) is 6.08. The van der Waals surface area contributed by atoms with Crippen LogP contribution in [-0.4, -0.2) is 28.7 Å². The molecule has 0 radical (unpaired) electrons. The van der Waals surface area contributed by atoms with Gasteiger partial charge >= 0.3 is 0 Å². The zero-order valence-corrected chi connectivity index (χ0v) is 21.9. The number of imide groups is 1. The molecule has 1 aliphatic heterocycles. The number of anilines is 1. The monoisotopic (exact) mass is 551 g/mol. The Morgan fingerprint density at radius 2 is 1.46 bits per heavy atom. The van der Waals surface area contributed by atoms with E-state index in [-0.39, 0.29) is 36.6 Å². The molecule has 0 saturated heterocycles. The minimum Gasteiger partial charge on any atom is -0.351 e. The number of fused-ring (bicyclic) bond motifs is 1. The predicted molar refractivity (Wildman–Crippen MR) is 149 cm³/mol. The maximum absolute atomic E-state index is 13.5. The summed E-state index contributed by atoms with van der Waals surface area (Å²) in [5.74, 6) is -4.32. The van der Waals surface area contributed by atoms with Gasteiger partial charge in [-0.05, 0) is 46.5 Å². The lowest BCUT2D eigenvalue weighted by molar-refractivity contribution is -0.177. The van der Waals surface area contributed by atoms with Crippen molar-refractivity contribution in [1.29, 1.82) is 0 Å². The van der Waals surface area contributed by atoms with Crippen LogP contribution < -0.4 is 10.6 Å². The largest absolute Gasteiger partial charge is 0.351 e. The van der Waals surface area contributed by atoms with Gasteiger partial charge in [0.2, 0.25) is 11.8 Å². The SMILES string of the molecule is O=C(Cc1ccccc1)Nc1ccc2c(c1)C(=O)N(OCc1ccccc1)C(=O)C2C(=O)NCc1ccc(F)cc1. The smallest absolute Gasteiger partial charge is 0.285 e. The predicted octanol–water partition coefficient (Wildman–Crippen LogP) is 4.52. The highest BCUT2D eigenvalue weighted by atomic mass is 19.1. The molecule has 1 atom stereocenters. The van der Waals surface area contributed by atoms with Crippen molar-refractivity contribution >= 4 is 29.3 Å². The molecule has 5 rings (SSSR count). The average Bonchev–Trinajstić information content (AvgIpc) is 2.98. The van der Waals surface area contributed by atoms with Gasteiger partial charge in [0.15, 0.2) is 0 Å². The van der Waals surface area contributed by atoms with E-state index in [1.807, 2.05) is 36.4 Å². The Morgan fingerprint density at radius 3 is 2.15 bits per heavy atom. The van der Waals surface area contributed by atoms with E-state index in [0.29, 0.717) is 16.3 Å². The average molecular weight is 552 g/mol. The lowest BCUT2D eigenvalue weighted by Gasteiger charge is -2.31. The fraction of sp³-hybridized carbons (Fsp3) is 0.125. The van der Waals surface area contributed by atoms with Crippen LogP contribution in [-0.2, 0) is 38.8 Å². The number of hydrogen-bond donors (Lipinski definition) is 2. The van der Waals surface area contributed by atoms with Gasteiger partial charge in [-0.3, -0.25) is 24.0 Å². The summed E-state index contributed by atoms with van der Waals surface area (Å²) in [6, 6.07) is 28.2. The Hall–Kier alpha value is -5.15. The van der Waals surface area contributed by atoms with Crippen molar-refractivity contribution in [1.82, 2.24) is 10.4 Å². The first-order valence-electron chi connectivity index (χ1n) is 12.9. The molecule has 0 fully saturated rings. The zero-order valence-electron chi connectivity index (χ0n) is 21.9. The number of hydroxylamine groups is 2. The summed E-state index contributed by atoms with van der Waals surface area (Å²) < 4.78 is 13.3. The Labute approximate surface area is 235 Å². The molecule has 0 bridgehead atoms. The Kier molecular flexibility index (Phi) is 8.26. The fourth-order valence-electron chi connectivity index (χ4n) is 4.50. The molecule has 4 amide bonds. The van der Waals surface area contributed by atoms with E-state index in [1.54, 1.807) is 30.3 Å². The fourth-order valence-corrected chi connectivity index (χ4v) is 4.50. The van der Waals surface area contributed by atoms with Crippen molar-refractivity contribution in [3.63, 3.8) is 0 Å². The normalized spacial score (nSPS) is 14.4. The quantitative estimate of drug-likeness (QED) is 0.235. The molecule has 0 spiro atoms. The van der Waals surface area contributed by atoms with Crippen molar-refractivity contribution in [3.05, 3.63) is 137 Å². The van der Waals surface area contributed by atoms with E-state index in [2.05, 4.69) is 10.6 Å². The number of carbonyl (C=O) groups is 4. The molecule has 1 unspecified atom stereocenters. The minimum atomic E-state index is -1.38. The van der Waals surface area contributed by atoms with Crippen molar-refractivity contribution < 1.29 is 28.4 Å². The molecule has 4 aromatic rings. The van der Waals surface area contributed by atoms with Gasteiger partial charge in [0.05, 0.1) is 6.42 Å². The minimum absolute atomic E-state index is 0.0463. The van der Waals surface area contributed by atoms with E-state index >= 15 is 0 Å². The molecular formula is C32H26FN3O5. The molecule has 8 nitrogen and oxygen atoms in total. The van der Waals surface area contributed by atoms with Gasteiger partial charge < -0.3 is 10.6 Å². The molecular weight excluding hydrogens is 525 g/mol. The maximum Gasteiger partial charge on any atom is 0.285 e. The van der Waals surface area contributed by atoms with E-state index in [4.69, 9.17) is 4.84 Å². The molecule has 0 aliphatic carbocycles. The molecule has 0 saturated carbocycles. The standard InChI is InChI=1S/C32H26FN3O5/c33-24-13-11-22(12-14-24)19-34-30(38)29-26-16-15-25(35-28(37)17-21-7-3-1-4-8-21)18-27(26)31(39)36(32(29)40)41-20-23-9-5-2-6-10-23/h1-16,18,29H,17,19-20H2,(H,34,38)(H,35,37). The number of carbonyl (C=O) groups excluding carboxylic acids is 4. The van der Waals surface area contributed by atoms with Crippen LogP contribution in [0.15, 0.2) is 103 Å². The first-order valence-corrected chi connectivity index (χ1v) is 12.9. The van der Waals surface area contributed by atoms with Crippen LogP contribution in [0, 0.1) is 5.82 Å². The summed E-state index contributed by atoms with van der Waals surface area (Å²) in [6.45, 7) is -0.0320. The molecule has 2 N–H and O–H groups in total. The van der Waals surface area contributed by atoms with Crippen LogP contribution in [0.4, 0.5) is 10.1 Å². The van der Waals surface area contributed by atoms with E-state index in [0.717, 1.165) is 11.1 Å². The van der Waals surface area contributed by atoms with Gasteiger partial charge in [-0.2, -0.15) is 0 Å². The third-order valence-corrected chi connectivity index (χ3v) is 6.56. The number of hydrogen-bond acceptors (Lipinski definition) is 5. The maximum atomic E-state index is 13.5. The van der Waals surface area contributed by atoms with Gasteiger partial charge in [-0.1, -0.05) is 78.9 Å². The Morgan fingerprint density at radius 1 is 0.805 bits per heavy atom. The number of halogens is 1. The first kappa shape index (κ1) is 27.4. The van der Waals surface area contributed by atoms with Crippen molar-refractivity contribution in [3.8, 4) is 0 Å². The molecule has 4 aromatic carbocycles. The number of benzene rings is 4. The highest BCUT2D eigenvalue weighted by Crippen LogP contribution is 2.32. The van der Waals surface area contributed by atoms with Gasteiger partial charge in [-0.15, -0.1) is 5.06 Å². The second-order valence-corrected chi connectivity index (χ2v) is 9.49. The third kappa shape index (κ3) is 6.54. The summed E-state index contributed by atoms with van der Waals surface area (Å²) in [4.78, 5) is 58.6. The van der Waals surface area contributed by atoms with E-state index in [1.165, 1.54) is 36.4 Å². The Balaban J connectivity index is 1.40.